The van der Waals surface area contributed by atoms with Gasteiger partial charge in [-0.1, -0.05) is 0 Å². The molecule has 4 rings (SSSR count). The SMILES string of the molecule is O=C(Nc1ccc(F)c(Br)c1)N1CCc2nn3c(c2C1)C(=O)N(CC(F)F)CCC3. The highest BCUT2D eigenvalue weighted by atomic mass is 79.9. The van der Waals surface area contributed by atoms with E-state index in [-0.39, 0.29) is 23.3 Å². The van der Waals surface area contributed by atoms with Crippen LogP contribution in [0.4, 0.5) is 23.7 Å². The number of hydrogen-bond acceptors (Lipinski definition) is 3. The molecular formula is C19H19BrF3N5O2. The summed E-state index contributed by atoms with van der Waals surface area (Å²) in [6, 6.07) is 3.75. The summed E-state index contributed by atoms with van der Waals surface area (Å²) in [5, 5.41) is 7.20. The maximum absolute atomic E-state index is 13.4. The minimum absolute atomic E-state index is 0.146. The Morgan fingerprint density at radius 2 is 2.07 bits per heavy atom. The van der Waals surface area contributed by atoms with Crippen LogP contribution in [0.15, 0.2) is 22.7 Å². The summed E-state index contributed by atoms with van der Waals surface area (Å²) in [7, 11) is 0. The van der Waals surface area contributed by atoms with E-state index in [4.69, 9.17) is 0 Å². The average Bonchev–Trinajstić information content (AvgIpc) is 2.99. The molecule has 0 saturated heterocycles. The second-order valence-electron chi connectivity index (χ2n) is 7.22. The van der Waals surface area contributed by atoms with Crippen molar-refractivity contribution in [1.29, 1.82) is 0 Å². The van der Waals surface area contributed by atoms with Gasteiger partial charge in [-0.25, -0.2) is 18.0 Å². The summed E-state index contributed by atoms with van der Waals surface area (Å²) in [6.07, 6.45) is -1.62. The number of aryl methyl sites for hydroxylation is 1. The van der Waals surface area contributed by atoms with Crippen molar-refractivity contribution >= 4 is 33.6 Å². The zero-order valence-corrected chi connectivity index (χ0v) is 17.5. The standard InChI is InChI=1S/C19H19BrF3N5O2/c20-13-8-11(2-3-14(13)21)24-19(30)27-7-4-15-12(9-27)17-18(29)26(10-16(22)23)5-1-6-28(17)25-15/h2-3,8,16H,1,4-7,9-10H2,(H,24,30). The number of halogens is 4. The van der Waals surface area contributed by atoms with E-state index in [2.05, 4.69) is 26.3 Å². The largest absolute Gasteiger partial charge is 0.332 e. The number of anilines is 1. The first-order valence-electron chi connectivity index (χ1n) is 9.50. The summed E-state index contributed by atoms with van der Waals surface area (Å²) in [6.45, 7) is 0.622. The van der Waals surface area contributed by atoms with Crippen LogP contribution in [0.5, 0.6) is 0 Å². The molecule has 0 atom stereocenters. The smallest absolute Gasteiger partial charge is 0.322 e. The van der Waals surface area contributed by atoms with Gasteiger partial charge < -0.3 is 15.1 Å². The number of amides is 3. The quantitative estimate of drug-likeness (QED) is 0.723. The van der Waals surface area contributed by atoms with Crippen molar-refractivity contribution < 1.29 is 22.8 Å². The van der Waals surface area contributed by atoms with Crippen LogP contribution in [0.2, 0.25) is 0 Å². The van der Waals surface area contributed by atoms with Gasteiger partial charge in [-0.2, -0.15) is 5.10 Å². The third kappa shape index (κ3) is 4.03. The van der Waals surface area contributed by atoms with Crippen molar-refractivity contribution in [3.8, 4) is 0 Å². The van der Waals surface area contributed by atoms with Crippen LogP contribution in [0.1, 0.15) is 28.2 Å². The number of carbonyl (C=O) groups excluding carboxylic acids is 2. The van der Waals surface area contributed by atoms with E-state index in [1.54, 1.807) is 4.68 Å². The number of aromatic nitrogens is 2. The van der Waals surface area contributed by atoms with Crippen LogP contribution >= 0.6 is 15.9 Å². The Balaban J connectivity index is 1.55. The fraction of sp³-hybridized carbons (Fsp3) is 0.421. The Labute approximate surface area is 178 Å². The molecule has 3 heterocycles. The highest BCUT2D eigenvalue weighted by molar-refractivity contribution is 9.10. The summed E-state index contributed by atoms with van der Waals surface area (Å²) in [5.41, 5.74) is 2.02. The second-order valence-corrected chi connectivity index (χ2v) is 8.08. The molecule has 7 nitrogen and oxygen atoms in total. The minimum atomic E-state index is -2.61. The highest BCUT2D eigenvalue weighted by Crippen LogP contribution is 2.27. The van der Waals surface area contributed by atoms with Gasteiger partial charge in [0, 0.05) is 37.3 Å². The van der Waals surface area contributed by atoms with Crippen LogP contribution in [-0.2, 0) is 19.5 Å². The predicted octanol–water partition coefficient (Wildman–Crippen LogP) is 3.49. The summed E-state index contributed by atoms with van der Waals surface area (Å²) in [5.74, 6) is -0.920. The maximum Gasteiger partial charge on any atom is 0.322 e. The van der Waals surface area contributed by atoms with Gasteiger partial charge in [0.15, 0.2) is 0 Å². The van der Waals surface area contributed by atoms with Crippen LogP contribution in [0, 0.1) is 5.82 Å². The average molecular weight is 486 g/mol. The van der Waals surface area contributed by atoms with E-state index in [1.807, 2.05) is 0 Å². The van der Waals surface area contributed by atoms with Crippen molar-refractivity contribution in [2.75, 3.05) is 25.0 Å². The molecule has 0 saturated carbocycles. The molecule has 1 aromatic heterocycles. The van der Waals surface area contributed by atoms with Crippen LogP contribution in [0.25, 0.3) is 0 Å². The lowest BCUT2D eigenvalue weighted by molar-refractivity contribution is 0.0558. The van der Waals surface area contributed by atoms with E-state index >= 15 is 0 Å². The van der Waals surface area contributed by atoms with Crippen molar-refractivity contribution in [3.63, 3.8) is 0 Å². The van der Waals surface area contributed by atoms with Gasteiger partial charge >= 0.3 is 6.03 Å². The number of benzene rings is 1. The lowest BCUT2D eigenvalue weighted by Crippen LogP contribution is -2.40. The number of hydrogen-bond donors (Lipinski definition) is 1. The Morgan fingerprint density at radius 3 is 2.80 bits per heavy atom. The molecule has 11 heteroatoms. The highest BCUT2D eigenvalue weighted by Gasteiger charge is 2.34. The van der Waals surface area contributed by atoms with Crippen LogP contribution in [-0.4, -0.2) is 57.6 Å². The zero-order valence-electron chi connectivity index (χ0n) is 15.9. The van der Waals surface area contributed by atoms with Crippen LogP contribution in [0.3, 0.4) is 0 Å². The van der Waals surface area contributed by atoms with Gasteiger partial charge in [-0.15, -0.1) is 0 Å². The molecule has 2 aromatic rings. The fourth-order valence-corrected chi connectivity index (χ4v) is 4.16. The molecule has 1 N–H and O–H groups in total. The van der Waals surface area contributed by atoms with Gasteiger partial charge in [0.1, 0.15) is 11.5 Å². The van der Waals surface area contributed by atoms with Crippen molar-refractivity contribution in [2.45, 2.75) is 32.4 Å². The molecule has 2 aliphatic heterocycles. The van der Waals surface area contributed by atoms with Crippen molar-refractivity contribution in [1.82, 2.24) is 19.6 Å². The Kier molecular flexibility index (Phi) is 5.72. The lowest BCUT2D eigenvalue weighted by Gasteiger charge is -2.28. The molecule has 0 fully saturated rings. The molecule has 3 amide bonds. The monoisotopic (exact) mass is 485 g/mol. The summed E-state index contributed by atoms with van der Waals surface area (Å²) in [4.78, 5) is 28.3. The number of urea groups is 1. The second kappa shape index (κ2) is 8.29. The Hall–Kier alpha value is -2.56. The fourth-order valence-electron chi connectivity index (χ4n) is 3.78. The number of nitrogens with one attached hydrogen (secondary N) is 1. The van der Waals surface area contributed by atoms with E-state index in [0.29, 0.717) is 42.9 Å². The molecular weight excluding hydrogens is 467 g/mol. The minimum Gasteiger partial charge on any atom is -0.332 e. The lowest BCUT2D eigenvalue weighted by atomic mass is 10.0. The normalized spacial score (nSPS) is 16.4. The molecule has 30 heavy (non-hydrogen) atoms. The first kappa shape index (κ1) is 20.7. The number of fused-ring (bicyclic) bond motifs is 3. The number of carbonyl (C=O) groups is 2. The first-order chi connectivity index (χ1) is 14.3. The maximum atomic E-state index is 13.4. The first-order valence-corrected chi connectivity index (χ1v) is 10.3. The molecule has 160 valence electrons. The van der Waals surface area contributed by atoms with E-state index in [0.717, 1.165) is 4.90 Å². The topological polar surface area (TPSA) is 70.5 Å². The van der Waals surface area contributed by atoms with Crippen LogP contribution < -0.4 is 5.32 Å². The zero-order chi connectivity index (χ0) is 21.4. The molecule has 0 unspecified atom stereocenters. The molecule has 2 aliphatic rings. The molecule has 0 radical (unpaired) electrons. The van der Waals surface area contributed by atoms with Crippen molar-refractivity contribution in [2.24, 2.45) is 0 Å². The molecule has 1 aromatic carbocycles. The molecule has 0 aliphatic carbocycles. The van der Waals surface area contributed by atoms with Gasteiger partial charge in [0.05, 0.1) is 23.3 Å². The number of alkyl halides is 2. The predicted molar refractivity (Wildman–Crippen MR) is 106 cm³/mol. The van der Waals surface area contributed by atoms with E-state index in [9.17, 15) is 22.8 Å². The molecule has 0 spiro atoms. The van der Waals surface area contributed by atoms with Gasteiger partial charge in [0.25, 0.3) is 12.3 Å². The van der Waals surface area contributed by atoms with E-state index < -0.39 is 30.7 Å². The van der Waals surface area contributed by atoms with Gasteiger partial charge in [-0.05, 0) is 40.5 Å². The third-order valence-electron chi connectivity index (χ3n) is 5.21. The molecule has 0 bridgehead atoms. The van der Waals surface area contributed by atoms with Crippen molar-refractivity contribution in [3.05, 3.63) is 45.4 Å². The summed E-state index contributed by atoms with van der Waals surface area (Å²) < 4.78 is 41.0. The Morgan fingerprint density at radius 1 is 1.27 bits per heavy atom. The van der Waals surface area contributed by atoms with Gasteiger partial charge in [0.2, 0.25) is 0 Å². The number of nitrogens with zero attached hydrogens (tertiary/aromatic N) is 4. The van der Waals surface area contributed by atoms with E-state index in [1.165, 1.54) is 23.1 Å². The van der Waals surface area contributed by atoms with Gasteiger partial charge in [-0.3, -0.25) is 9.48 Å². The summed E-state index contributed by atoms with van der Waals surface area (Å²) >= 11 is 3.08. The Bertz CT molecular complexity index is 997. The third-order valence-corrected chi connectivity index (χ3v) is 5.81. The number of rotatable bonds is 3.